The van der Waals surface area contributed by atoms with Gasteiger partial charge in [0.05, 0.1) is 17.8 Å². The number of benzene rings is 1. The predicted molar refractivity (Wildman–Crippen MR) is 114 cm³/mol. The van der Waals surface area contributed by atoms with Crippen LogP contribution < -0.4 is 4.74 Å². The van der Waals surface area contributed by atoms with Gasteiger partial charge < -0.3 is 24.9 Å². The molecule has 178 valence electrons. The lowest BCUT2D eigenvalue weighted by Crippen LogP contribution is -2.21. The minimum Gasteiger partial charge on any atom is -0.491 e. The Labute approximate surface area is 186 Å². The van der Waals surface area contributed by atoms with Crippen LogP contribution in [-0.4, -0.2) is 46.0 Å². The summed E-state index contributed by atoms with van der Waals surface area (Å²) in [6.07, 6.45) is 2.79. The van der Waals surface area contributed by atoms with Crippen LogP contribution in [0.15, 0.2) is 48.6 Å². The molecule has 5 nitrogen and oxygen atoms in total. The van der Waals surface area contributed by atoms with Gasteiger partial charge in [-0.05, 0) is 50.3 Å². The second-order valence-corrected chi connectivity index (χ2v) is 8.20. The maximum absolute atomic E-state index is 12.8. The molecular formula is C24H31F3O5. The van der Waals surface area contributed by atoms with Crippen molar-refractivity contribution in [2.24, 2.45) is 11.8 Å². The smallest absolute Gasteiger partial charge is 0.416 e. The molecular weight excluding hydrogens is 425 g/mol. The average Bonchev–Trinajstić information content (AvgIpc) is 2.99. The average molecular weight is 457 g/mol. The van der Waals surface area contributed by atoms with Crippen molar-refractivity contribution in [3.8, 4) is 5.75 Å². The Balaban J connectivity index is 1.87. The maximum atomic E-state index is 12.8. The highest BCUT2D eigenvalue weighted by Gasteiger charge is 2.39. The Morgan fingerprint density at radius 3 is 2.69 bits per heavy atom. The van der Waals surface area contributed by atoms with Crippen LogP contribution in [0.5, 0.6) is 5.75 Å². The van der Waals surface area contributed by atoms with E-state index in [2.05, 4.69) is 0 Å². The molecule has 0 aliphatic heterocycles. The third-order valence-electron chi connectivity index (χ3n) is 5.53. The van der Waals surface area contributed by atoms with E-state index in [0.29, 0.717) is 12.8 Å². The highest BCUT2D eigenvalue weighted by Crippen LogP contribution is 2.36. The largest absolute Gasteiger partial charge is 0.491 e. The van der Waals surface area contributed by atoms with E-state index in [1.165, 1.54) is 18.2 Å². The van der Waals surface area contributed by atoms with Gasteiger partial charge in [0.1, 0.15) is 24.2 Å². The monoisotopic (exact) mass is 456 g/mol. The van der Waals surface area contributed by atoms with Crippen LogP contribution in [0.2, 0.25) is 0 Å². The molecule has 1 unspecified atom stereocenters. The first-order valence-electron chi connectivity index (χ1n) is 10.7. The van der Waals surface area contributed by atoms with E-state index in [1.807, 2.05) is 12.2 Å². The fourth-order valence-electron chi connectivity index (χ4n) is 3.80. The number of carbonyl (C=O) groups is 1. The number of aliphatic hydroxyl groups excluding tert-OH is 3. The molecule has 2 rings (SSSR count). The van der Waals surface area contributed by atoms with E-state index < -0.39 is 30.1 Å². The number of halogens is 3. The van der Waals surface area contributed by atoms with Crippen molar-refractivity contribution in [1.29, 1.82) is 0 Å². The molecule has 0 heterocycles. The second kappa shape index (κ2) is 12.2. The summed E-state index contributed by atoms with van der Waals surface area (Å²) in [4.78, 5) is 10.9. The Bertz CT molecular complexity index is 790. The first-order chi connectivity index (χ1) is 15.1. The van der Waals surface area contributed by atoms with E-state index in [0.717, 1.165) is 25.0 Å². The normalized spacial score (nSPS) is 25.0. The summed E-state index contributed by atoms with van der Waals surface area (Å²) in [7, 11) is 0. The minimum atomic E-state index is -4.48. The number of rotatable bonds is 11. The molecule has 1 aliphatic carbocycles. The molecule has 1 aromatic rings. The number of hydrogen-bond acceptors (Lipinski definition) is 5. The van der Waals surface area contributed by atoms with Crippen molar-refractivity contribution in [1.82, 2.24) is 0 Å². The van der Waals surface area contributed by atoms with Crippen molar-refractivity contribution >= 4 is 5.78 Å². The van der Waals surface area contributed by atoms with E-state index in [9.17, 15) is 33.3 Å². The lowest BCUT2D eigenvalue weighted by Gasteiger charge is -2.19. The number of Topliss-reactive ketones (excluding diaryl/α,β-unsaturated/α-hetero) is 1. The number of carbonyl (C=O) groups excluding carboxylic acids is 1. The second-order valence-electron chi connectivity index (χ2n) is 8.20. The van der Waals surface area contributed by atoms with Gasteiger partial charge in [0, 0.05) is 18.8 Å². The fraction of sp³-hybridized carbons (Fsp3) is 0.542. The number of allylic oxidation sites excluding steroid dienone is 2. The Morgan fingerprint density at radius 2 is 2.00 bits per heavy atom. The van der Waals surface area contributed by atoms with Crippen LogP contribution in [0.3, 0.4) is 0 Å². The van der Waals surface area contributed by atoms with Crippen LogP contribution >= 0.6 is 0 Å². The molecule has 0 aromatic heterocycles. The van der Waals surface area contributed by atoms with Gasteiger partial charge >= 0.3 is 6.18 Å². The molecule has 32 heavy (non-hydrogen) atoms. The Morgan fingerprint density at radius 1 is 1.25 bits per heavy atom. The minimum absolute atomic E-state index is 0.00335. The number of ketones is 1. The van der Waals surface area contributed by atoms with Crippen molar-refractivity contribution in [2.45, 2.75) is 63.5 Å². The molecule has 0 radical (unpaired) electrons. The molecule has 3 N–H and O–H groups in total. The summed E-state index contributed by atoms with van der Waals surface area (Å²) >= 11 is 0. The summed E-state index contributed by atoms with van der Waals surface area (Å²) in [6, 6.07) is 4.41. The Hall–Kier alpha value is -2.16. The van der Waals surface area contributed by atoms with E-state index >= 15 is 0 Å². The van der Waals surface area contributed by atoms with Crippen molar-refractivity contribution in [3.05, 3.63) is 54.1 Å². The number of ether oxygens (including phenoxy) is 1. The number of alkyl halides is 3. The summed E-state index contributed by atoms with van der Waals surface area (Å²) in [5, 5.41) is 30.7. The lowest BCUT2D eigenvalue weighted by atomic mass is 9.89. The topological polar surface area (TPSA) is 87.0 Å². The maximum Gasteiger partial charge on any atom is 0.416 e. The van der Waals surface area contributed by atoms with Gasteiger partial charge in [-0.15, -0.1) is 0 Å². The van der Waals surface area contributed by atoms with E-state index in [4.69, 9.17) is 4.74 Å². The molecule has 1 aliphatic rings. The van der Waals surface area contributed by atoms with Gasteiger partial charge in [-0.3, -0.25) is 0 Å². The van der Waals surface area contributed by atoms with Gasteiger partial charge in [0.2, 0.25) is 0 Å². The molecule has 1 aromatic carbocycles. The quantitative estimate of drug-likeness (QED) is 0.345. The van der Waals surface area contributed by atoms with Gasteiger partial charge in [-0.2, -0.15) is 13.2 Å². The molecule has 0 bridgehead atoms. The number of aliphatic hydroxyl groups is 3. The lowest BCUT2D eigenvalue weighted by molar-refractivity contribution is -0.137. The Kier molecular flexibility index (Phi) is 9.93. The zero-order valence-electron chi connectivity index (χ0n) is 18.0. The number of unbranched alkanes of at least 4 members (excludes halogenated alkanes) is 1. The molecule has 0 spiro atoms. The third kappa shape index (κ3) is 8.41. The van der Waals surface area contributed by atoms with Crippen LogP contribution in [0.4, 0.5) is 13.2 Å². The van der Waals surface area contributed by atoms with Crippen molar-refractivity contribution in [2.75, 3.05) is 6.61 Å². The molecule has 8 heteroatoms. The van der Waals surface area contributed by atoms with Gasteiger partial charge in [0.25, 0.3) is 0 Å². The SMILES string of the molecule is CC(=O)CCC/C=C\C[C@@H]1C(/C=C/[C@@H](O)COc2cccc(C(F)(F)F)c2)[C@H](O)C[C@@H]1O. The van der Waals surface area contributed by atoms with Crippen LogP contribution in [0.25, 0.3) is 0 Å². The summed E-state index contributed by atoms with van der Waals surface area (Å²) in [6.45, 7) is 1.31. The first kappa shape index (κ1) is 26.1. The van der Waals surface area contributed by atoms with Crippen LogP contribution in [0.1, 0.15) is 44.6 Å². The zero-order chi connectivity index (χ0) is 23.7. The van der Waals surface area contributed by atoms with E-state index in [1.54, 1.807) is 13.0 Å². The fourth-order valence-corrected chi connectivity index (χ4v) is 3.80. The first-order valence-corrected chi connectivity index (χ1v) is 10.7. The highest BCUT2D eigenvalue weighted by atomic mass is 19.4. The van der Waals surface area contributed by atoms with Crippen molar-refractivity contribution in [3.63, 3.8) is 0 Å². The van der Waals surface area contributed by atoms with Gasteiger partial charge in [-0.1, -0.05) is 30.4 Å². The zero-order valence-corrected chi connectivity index (χ0v) is 18.0. The van der Waals surface area contributed by atoms with E-state index in [-0.39, 0.29) is 36.4 Å². The summed E-state index contributed by atoms with van der Waals surface area (Å²) < 4.78 is 43.6. The summed E-state index contributed by atoms with van der Waals surface area (Å²) in [5.41, 5.74) is -0.833. The highest BCUT2D eigenvalue weighted by molar-refractivity contribution is 5.75. The molecule has 0 saturated heterocycles. The van der Waals surface area contributed by atoms with Crippen LogP contribution in [0, 0.1) is 11.8 Å². The van der Waals surface area contributed by atoms with Crippen LogP contribution in [-0.2, 0) is 11.0 Å². The molecule has 1 fully saturated rings. The molecule has 0 amide bonds. The van der Waals surface area contributed by atoms with Crippen molar-refractivity contribution < 1.29 is 38.0 Å². The number of hydrogen-bond donors (Lipinski definition) is 3. The summed E-state index contributed by atoms with van der Waals surface area (Å²) in [5.74, 6) is -0.443. The standard InChI is InChI=1S/C24H31F3O5/c1-16(28)7-4-2-3-5-10-20-21(23(31)14-22(20)30)12-11-18(29)15-32-19-9-6-8-17(13-19)24(25,26)27/h3,5-6,8-9,11-13,18,20-23,29-31H,2,4,7,10,14-15H2,1H3/b5-3-,12-11+/t18-,20-,21?,22+,23-/m1/s1. The molecule has 5 atom stereocenters. The predicted octanol–water partition coefficient (Wildman–Crippen LogP) is 4.06. The third-order valence-corrected chi connectivity index (χ3v) is 5.53. The van der Waals surface area contributed by atoms with Gasteiger partial charge in [-0.25, -0.2) is 0 Å². The molecule has 1 saturated carbocycles. The van der Waals surface area contributed by atoms with Gasteiger partial charge in [0.15, 0.2) is 0 Å².